The normalized spacial score (nSPS) is 11.2. The lowest BCUT2D eigenvalue weighted by Crippen LogP contribution is -2.23. The fourth-order valence-electron chi connectivity index (χ4n) is 1.57. The van der Waals surface area contributed by atoms with Gasteiger partial charge >= 0.3 is 0 Å². The van der Waals surface area contributed by atoms with Crippen LogP contribution in [-0.2, 0) is 20.3 Å². The van der Waals surface area contributed by atoms with Gasteiger partial charge in [0.25, 0.3) is 6.48 Å². The molecule has 0 heterocycles. The predicted octanol–water partition coefficient (Wildman–Crippen LogP) is 3.17. The average molecular weight is 284 g/mol. The number of rotatable bonds is 10. The van der Waals surface area contributed by atoms with E-state index in [-0.39, 0.29) is 5.82 Å². The van der Waals surface area contributed by atoms with Crippen molar-refractivity contribution >= 4 is 9.76 Å². The summed E-state index contributed by atoms with van der Waals surface area (Å²) in [6, 6.07) is 7.64. The summed E-state index contributed by atoms with van der Waals surface area (Å²) >= 11 is 0. The molecule has 0 aliphatic heterocycles. The zero-order chi connectivity index (χ0) is 13.9. The Balaban J connectivity index is 2.13. The minimum absolute atomic E-state index is 0.177. The summed E-state index contributed by atoms with van der Waals surface area (Å²) in [5.41, 5.74) is 1.02. The summed E-state index contributed by atoms with van der Waals surface area (Å²) in [5, 5.41) is 0. The number of halogens is 1. The summed E-state index contributed by atoms with van der Waals surface area (Å²) in [6.45, 7) is 4.39. The fraction of sp³-hybridized carbons (Fsp3) is 0.571. The second kappa shape index (κ2) is 10.1. The van der Waals surface area contributed by atoms with Crippen LogP contribution >= 0.6 is 0 Å². The SMILES string of the molecule is CCOC(OCC)O[Si]CCCc1cccc(F)c1. The van der Waals surface area contributed by atoms with E-state index in [1.807, 2.05) is 19.9 Å². The number of aryl methyl sites for hydroxylation is 1. The number of ether oxygens (including phenoxy) is 2. The van der Waals surface area contributed by atoms with Gasteiger partial charge in [-0.3, -0.25) is 0 Å². The van der Waals surface area contributed by atoms with Gasteiger partial charge < -0.3 is 13.9 Å². The van der Waals surface area contributed by atoms with Gasteiger partial charge in [-0.2, -0.15) is 0 Å². The van der Waals surface area contributed by atoms with Crippen molar-refractivity contribution in [2.45, 2.75) is 39.2 Å². The van der Waals surface area contributed by atoms with E-state index in [0.717, 1.165) is 24.4 Å². The smallest absolute Gasteiger partial charge is 0.261 e. The van der Waals surface area contributed by atoms with Crippen LogP contribution in [0.3, 0.4) is 0 Å². The first-order valence-corrected chi connectivity index (χ1v) is 7.74. The second-order valence-electron chi connectivity index (χ2n) is 3.95. The lowest BCUT2D eigenvalue weighted by atomic mass is 10.1. The molecule has 0 atom stereocenters. The average Bonchev–Trinajstić information content (AvgIpc) is 2.39. The van der Waals surface area contributed by atoms with Crippen molar-refractivity contribution in [2.24, 2.45) is 0 Å². The number of hydrogen-bond acceptors (Lipinski definition) is 3. The van der Waals surface area contributed by atoms with Crippen LogP contribution in [-0.4, -0.2) is 29.5 Å². The molecule has 5 heteroatoms. The van der Waals surface area contributed by atoms with Gasteiger partial charge in [-0.1, -0.05) is 12.1 Å². The molecule has 106 valence electrons. The van der Waals surface area contributed by atoms with Crippen LogP contribution in [0.5, 0.6) is 0 Å². The molecule has 0 aliphatic rings. The molecule has 0 aliphatic carbocycles. The first-order valence-electron chi connectivity index (χ1n) is 6.62. The second-order valence-corrected chi connectivity index (χ2v) is 4.97. The van der Waals surface area contributed by atoms with Gasteiger partial charge in [0.05, 0.1) is 0 Å². The Morgan fingerprint density at radius 2 is 1.95 bits per heavy atom. The highest BCUT2D eigenvalue weighted by molar-refractivity contribution is 6.27. The molecule has 2 radical (unpaired) electrons. The van der Waals surface area contributed by atoms with Crippen molar-refractivity contribution < 1.29 is 18.3 Å². The van der Waals surface area contributed by atoms with Crippen LogP contribution in [0.1, 0.15) is 25.8 Å². The summed E-state index contributed by atoms with van der Waals surface area (Å²) in [5.74, 6) is -0.177. The van der Waals surface area contributed by atoms with E-state index >= 15 is 0 Å². The van der Waals surface area contributed by atoms with E-state index in [1.165, 1.54) is 6.07 Å². The van der Waals surface area contributed by atoms with E-state index in [9.17, 15) is 4.39 Å². The molecular formula is C14H21FO3Si. The molecule has 0 aromatic heterocycles. The van der Waals surface area contributed by atoms with Gasteiger partial charge in [0.1, 0.15) is 5.82 Å². The van der Waals surface area contributed by atoms with Gasteiger partial charge in [-0.25, -0.2) is 4.39 Å². The lowest BCUT2D eigenvalue weighted by Gasteiger charge is -2.16. The summed E-state index contributed by atoms with van der Waals surface area (Å²) in [6.07, 6.45) is 1.83. The summed E-state index contributed by atoms with van der Waals surface area (Å²) < 4.78 is 29.0. The molecule has 0 amide bonds. The van der Waals surface area contributed by atoms with E-state index in [2.05, 4.69) is 0 Å². The molecule has 0 saturated heterocycles. The van der Waals surface area contributed by atoms with Gasteiger partial charge in [-0.05, 0) is 50.4 Å². The highest BCUT2D eigenvalue weighted by atomic mass is 28.2. The highest BCUT2D eigenvalue weighted by Gasteiger charge is 2.07. The molecule has 19 heavy (non-hydrogen) atoms. The van der Waals surface area contributed by atoms with Gasteiger partial charge in [0.2, 0.25) is 9.76 Å². The minimum Gasteiger partial charge on any atom is -0.372 e. The maximum atomic E-state index is 13.0. The number of hydrogen-bond donors (Lipinski definition) is 0. The molecule has 1 aromatic carbocycles. The minimum atomic E-state index is -0.553. The lowest BCUT2D eigenvalue weighted by molar-refractivity contribution is -0.243. The van der Waals surface area contributed by atoms with Crippen molar-refractivity contribution in [3.8, 4) is 0 Å². The van der Waals surface area contributed by atoms with Crippen molar-refractivity contribution in [1.29, 1.82) is 0 Å². The summed E-state index contributed by atoms with van der Waals surface area (Å²) in [4.78, 5) is 0. The third-order valence-electron chi connectivity index (χ3n) is 2.42. The molecular weight excluding hydrogens is 263 g/mol. The van der Waals surface area contributed by atoms with E-state index in [1.54, 1.807) is 12.1 Å². The Hall–Kier alpha value is -0.753. The molecule has 1 aromatic rings. The molecule has 3 nitrogen and oxygen atoms in total. The van der Waals surface area contributed by atoms with E-state index in [4.69, 9.17) is 13.9 Å². The zero-order valence-corrected chi connectivity index (χ0v) is 12.5. The fourth-order valence-corrected chi connectivity index (χ4v) is 2.28. The van der Waals surface area contributed by atoms with Crippen molar-refractivity contribution in [3.05, 3.63) is 35.6 Å². The third kappa shape index (κ3) is 7.42. The quantitative estimate of drug-likeness (QED) is 0.375. The predicted molar refractivity (Wildman–Crippen MR) is 73.4 cm³/mol. The van der Waals surface area contributed by atoms with E-state index < -0.39 is 6.48 Å². The van der Waals surface area contributed by atoms with Crippen LogP contribution in [0.2, 0.25) is 6.04 Å². The maximum absolute atomic E-state index is 13.0. The Morgan fingerprint density at radius 3 is 2.58 bits per heavy atom. The molecule has 0 unspecified atom stereocenters. The monoisotopic (exact) mass is 284 g/mol. The van der Waals surface area contributed by atoms with Crippen molar-refractivity contribution in [3.63, 3.8) is 0 Å². The Labute approximate surface area is 117 Å². The third-order valence-corrected chi connectivity index (χ3v) is 3.34. The Morgan fingerprint density at radius 1 is 1.21 bits per heavy atom. The van der Waals surface area contributed by atoms with Gasteiger partial charge in [0.15, 0.2) is 0 Å². The molecule has 0 saturated carbocycles. The van der Waals surface area contributed by atoms with Crippen molar-refractivity contribution in [1.82, 2.24) is 0 Å². The molecule has 0 N–H and O–H groups in total. The van der Waals surface area contributed by atoms with Crippen LogP contribution in [0.15, 0.2) is 24.3 Å². The molecule has 0 spiro atoms. The molecule has 0 bridgehead atoms. The van der Waals surface area contributed by atoms with Gasteiger partial charge in [0, 0.05) is 13.2 Å². The Bertz CT molecular complexity index is 343. The Kier molecular flexibility index (Phi) is 8.65. The molecule has 0 fully saturated rings. The van der Waals surface area contributed by atoms with Crippen molar-refractivity contribution in [2.75, 3.05) is 13.2 Å². The first-order chi connectivity index (χ1) is 9.26. The van der Waals surface area contributed by atoms with E-state index in [0.29, 0.717) is 23.0 Å². The topological polar surface area (TPSA) is 27.7 Å². The first kappa shape index (κ1) is 16.3. The zero-order valence-electron chi connectivity index (χ0n) is 11.5. The largest absolute Gasteiger partial charge is 0.372 e. The van der Waals surface area contributed by atoms with Crippen LogP contribution < -0.4 is 0 Å². The number of benzene rings is 1. The van der Waals surface area contributed by atoms with Gasteiger partial charge in [-0.15, -0.1) is 0 Å². The van der Waals surface area contributed by atoms with Crippen LogP contribution in [0.25, 0.3) is 0 Å². The van der Waals surface area contributed by atoms with Crippen LogP contribution in [0.4, 0.5) is 4.39 Å². The summed E-state index contributed by atoms with van der Waals surface area (Å²) in [7, 11) is 0.337. The van der Waals surface area contributed by atoms with Crippen LogP contribution in [0, 0.1) is 5.82 Å². The standard InChI is InChI=1S/C14H21FO3Si/c1-3-16-14(17-4-2)18-19-10-6-8-12-7-5-9-13(15)11-12/h5,7,9,11,14H,3-4,6,8,10H2,1-2H3. The molecule has 1 rings (SSSR count). The highest BCUT2D eigenvalue weighted by Crippen LogP contribution is 2.08. The maximum Gasteiger partial charge on any atom is 0.261 e.